The fourth-order valence-electron chi connectivity index (χ4n) is 6.07. The molecule has 1 aromatic carbocycles. The van der Waals surface area contributed by atoms with Gasteiger partial charge in [-0.2, -0.15) is 0 Å². The number of rotatable bonds is 7. The lowest BCUT2D eigenvalue weighted by atomic mass is 9.83. The highest BCUT2D eigenvalue weighted by molar-refractivity contribution is 7.15. The summed E-state index contributed by atoms with van der Waals surface area (Å²) in [6.07, 6.45) is 15.9. The molecule has 2 saturated carbocycles. The van der Waals surface area contributed by atoms with Crippen LogP contribution in [-0.4, -0.2) is 49.3 Å². The van der Waals surface area contributed by atoms with Gasteiger partial charge in [-0.1, -0.05) is 64.5 Å². The Morgan fingerprint density at radius 2 is 1.60 bits per heavy atom. The number of carbonyl (C=O) groups is 2. The molecule has 2 aromatic heterocycles. The Bertz CT molecular complexity index is 1400. The Morgan fingerprint density at radius 3 is 2.13 bits per heavy atom. The van der Waals surface area contributed by atoms with Crippen molar-refractivity contribution in [1.29, 1.82) is 0 Å². The molecule has 2 aliphatic rings. The lowest BCUT2D eigenvalue weighted by Crippen LogP contribution is -2.34. The molecule has 2 heterocycles. The van der Waals surface area contributed by atoms with Crippen molar-refractivity contribution >= 4 is 29.2 Å². The number of alkyl carbamates (subject to hydrolysis) is 1. The number of aryl methyl sites for hydroxylation is 1. The normalized spacial score (nSPS) is 15.2. The molecule has 0 unspecified atom stereocenters. The maximum absolute atomic E-state index is 12.7. The standard InChI is InChI=1S/C19H25N3OS.C14H20O.C5H11NO2.H2/c1-13(2)18-21-12-16(24-18)15-9-10-20-17(11-15)22(3)19(23)14-7-5-4-6-8-14;1-11-10-13(8-9-14(11)15-2)12-6-4-3-5-7-12;1-4(2)6-5(7)8-3;/h9-14H,4-8H2,1-3H3;8-10,12H,3-7H2,1-2H3;4H,1-3H3,(H,6,7);1H. The predicted octanol–water partition coefficient (Wildman–Crippen LogP) is 9.92. The average molecular weight is 667 g/mol. The Kier molecular flexibility index (Phi) is 15.7. The lowest BCUT2D eigenvalue weighted by Gasteiger charge is -2.26. The first-order valence-electron chi connectivity index (χ1n) is 17.2. The summed E-state index contributed by atoms with van der Waals surface area (Å²) >= 11 is 1.71. The van der Waals surface area contributed by atoms with E-state index in [1.54, 1.807) is 29.5 Å². The smallest absolute Gasteiger partial charge is 0.407 e. The van der Waals surface area contributed by atoms with E-state index in [4.69, 9.17) is 4.74 Å². The van der Waals surface area contributed by atoms with Gasteiger partial charge in [0.1, 0.15) is 11.6 Å². The first-order chi connectivity index (χ1) is 22.5. The minimum atomic E-state index is -0.375. The van der Waals surface area contributed by atoms with Gasteiger partial charge in [-0.15, -0.1) is 11.3 Å². The number of nitrogens with zero attached hydrogens (tertiary/aromatic N) is 3. The molecule has 0 radical (unpaired) electrons. The number of amides is 2. The number of pyridine rings is 1. The molecule has 1 N–H and O–H groups in total. The largest absolute Gasteiger partial charge is 0.496 e. The number of carbonyl (C=O) groups excluding carboxylic acids is 2. The Balaban J connectivity index is 0.000000285. The Labute approximate surface area is 288 Å². The van der Waals surface area contributed by atoms with Gasteiger partial charge in [0.05, 0.1) is 24.1 Å². The van der Waals surface area contributed by atoms with Gasteiger partial charge in [0.25, 0.3) is 0 Å². The van der Waals surface area contributed by atoms with Gasteiger partial charge in [-0.05, 0) is 87.3 Å². The molecule has 0 aliphatic heterocycles. The number of hydrogen-bond acceptors (Lipinski definition) is 7. The van der Waals surface area contributed by atoms with Crippen molar-refractivity contribution in [3.8, 4) is 16.2 Å². The van der Waals surface area contributed by atoms with Crippen LogP contribution in [0.4, 0.5) is 10.6 Å². The van der Waals surface area contributed by atoms with E-state index in [0.717, 1.165) is 58.6 Å². The lowest BCUT2D eigenvalue weighted by molar-refractivity contribution is -0.123. The average Bonchev–Trinajstić information content (AvgIpc) is 3.60. The fourth-order valence-corrected chi connectivity index (χ4v) is 6.98. The molecule has 3 aromatic rings. The van der Waals surface area contributed by atoms with Gasteiger partial charge < -0.3 is 14.8 Å². The van der Waals surface area contributed by atoms with Crippen LogP contribution in [0.5, 0.6) is 5.75 Å². The molecule has 47 heavy (non-hydrogen) atoms. The first kappa shape index (κ1) is 38.0. The minimum Gasteiger partial charge on any atom is -0.496 e. The van der Waals surface area contributed by atoms with E-state index in [-0.39, 0.29) is 25.4 Å². The van der Waals surface area contributed by atoms with Gasteiger partial charge in [0, 0.05) is 38.7 Å². The second-order valence-electron chi connectivity index (χ2n) is 13.2. The van der Waals surface area contributed by atoms with Crippen molar-refractivity contribution in [2.24, 2.45) is 5.92 Å². The van der Waals surface area contributed by atoms with Crippen LogP contribution in [0.25, 0.3) is 10.4 Å². The van der Waals surface area contributed by atoms with E-state index >= 15 is 0 Å². The number of hydrogen-bond donors (Lipinski definition) is 1. The number of thiazole rings is 1. The molecular formula is C38H58N4O4S. The molecule has 0 spiro atoms. The van der Waals surface area contributed by atoms with Crippen LogP contribution < -0.4 is 15.0 Å². The van der Waals surface area contributed by atoms with E-state index in [1.807, 2.05) is 39.2 Å². The zero-order chi connectivity index (χ0) is 34.3. The van der Waals surface area contributed by atoms with Crippen LogP contribution in [0.1, 0.15) is 121 Å². The molecule has 2 fully saturated rings. The van der Waals surface area contributed by atoms with Crippen molar-refractivity contribution in [2.75, 3.05) is 26.2 Å². The summed E-state index contributed by atoms with van der Waals surface area (Å²) in [7, 11) is 4.93. The van der Waals surface area contributed by atoms with E-state index in [0.29, 0.717) is 5.92 Å². The van der Waals surface area contributed by atoms with Gasteiger partial charge in [0.15, 0.2) is 0 Å². The van der Waals surface area contributed by atoms with Gasteiger partial charge in [-0.25, -0.2) is 14.8 Å². The fraction of sp³-hybridized carbons (Fsp3) is 0.579. The Morgan fingerprint density at radius 1 is 0.936 bits per heavy atom. The van der Waals surface area contributed by atoms with Crippen LogP contribution in [0, 0.1) is 12.8 Å². The highest BCUT2D eigenvalue weighted by Crippen LogP contribution is 2.35. The maximum Gasteiger partial charge on any atom is 0.407 e. The van der Waals surface area contributed by atoms with Crippen molar-refractivity contribution in [3.63, 3.8) is 0 Å². The van der Waals surface area contributed by atoms with Crippen LogP contribution in [0.15, 0.2) is 42.7 Å². The van der Waals surface area contributed by atoms with E-state index in [9.17, 15) is 9.59 Å². The number of anilines is 1. The van der Waals surface area contributed by atoms with Crippen molar-refractivity contribution in [3.05, 3.63) is 58.9 Å². The number of ether oxygens (including phenoxy) is 2. The highest BCUT2D eigenvalue weighted by atomic mass is 32.1. The third kappa shape index (κ3) is 11.9. The summed E-state index contributed by atoms with van der Waals surface area (Å²) in [5, 5.41) is 3.67. The number of aromatic nitrogens is 2. The van der Waals surface area contributed by atoms with E-state index < -0.39 is 0 Å². The van der Waals surface area contributed by atoms with Crippen molar-refractivity contribution < 1.29 is 20.5 Å². The second-order valence-corrected chi connectivity index (χ2v) is 14.3. The van der Waals surface area contributed by atoms with Crippen LogP contribution in [0.2, 0.25) is 0 Å². The van der Waals surface area contributed by atoms with E-state index in [2.05, 4.69) is 59.0 Å². The summed E-state index contributed by atoms with van der Waals surface area (Å²) in [5.74, 6) is 3.32. The summed E-state index contributed by atoms with van der Waals surface area (Å²) < 4.78 is 9.60. The van der Waals surface area contributed by atoms with E-state index in [1.165, 1.54) is 56.8 Å². The van der Waals surface area contributed by atoms with Crippen LogP contribution in [-0.2, 0) is 9.53 Å². The third-order valence-corrected chi connectivity index (χ3v) is 10.1. The van der Waals surface area contributed by atoms with Crippen LogP contribution >= 0.6 is 11.3 Å². The van der Waals surface area contributed by atoms with Gasteiger partial charge >= 0.3 is 6.09 Å². The zero-order valence-corrected chi connectivity index (χ0v) is 30.6. The predicted molar refractivity (Wildman–Crippen MR) is 196 cm³/mol. The molecule has 2 amide bonds. The molecule has 0 bridgehead atoms. The number of nitrogens with one attached hydrogen (secondary N) is 1. The third-order valence-electron chi connectivity index (χ3n) is 8.76. The molecule has 5 rings (SSSR count). The molecular weight excluding hydrogens is 609 g/mol. The zero-order valence-electron chi connectivity index (χ0n) is 29.8. The van der Waals surface area contributed by atoms with Gasteiger partial charge in [-0.3, -0.25) is 9.69 Å². The summed E-state index contributed by atoms with van der Waals surface area (Å²) in [5.41, 5.74) is 3.85. The van der Waals surface area contributed by atoms with Crippen molar-refractivity contribution in [2.45, 2.75) is 117 Å². The summed E-state index contributed by atoms with van der Waals surface area (Å²) in [4.78, 5) is 34.8. The second kappa shape index (κ2) is 19.4. The minimum absolute atomic E-state index is 0. The topological polar surface area (TPSA) is 93.7 Å². The highest BCUT2D eigenvalue weighted by Gasteiger charge is 2.25. The first-order valence-corrected chi connectivity index (χ1v) is 18.0. The molecule has 2 aliphatic carbocycles. The molecule has 0 atom stereocenters. The quantitative estimate of drug-likeness (QED) is 0.270. The molecule has 260 valence electrons. The SMILES string of the molecule is CC(C)c1ncc(-c2ccnc(N(C)C(=O)C3CCCCC3)c2)s1.COC(=O)NC(C)C.COc1ccc(C2CCCCC2)cc1C.[HH]. The number of benzene rings is 1. The monoisotopic (exact) mass is 666 g/mol. The Hall–Kier alpha value is -3.46. The molecule has 9 heteroatoms. The molecule has 8 nitrogen and oxygen atoms in total. The maximum atomic E-state index is 12.7. The van der Waals surface area contributed by atoms with Crippen molar-refractivity contribution in [1.82, 2.24) is 15.3 Å². The van der Waals surface area contributed by atoms with Gasteiger partial charge in [0.2, 0.25) is 5.91 Å². The summed E-state index contributed by atoms with van der Waals surface area (Å²) in [6.45, 7) is 10.2. The molecule has 0 saturated heterocycles. The van der Waals surface area contributed by atoms with Crippen LogP contribution in [0.3, 0.4) is 0 Å². The number of methoxy groups -OCH3 is 2. The summed E-state index contributed by atoms with van der Waals surface area (Å²) in [6, 6.07) is 10.8.